The summed E-state index contributed by atoms with van der Waals surface area (Å²) in [5.74, 6) is 0.861. The summed E-state index contributed by atoms with van der Waals surface area (Å²) in [6.07, 6.45) is 4.86. The third kappa shape index (κ3) is 2.99. The SMILES string of the molecule is CCC1=C(CC2CC2)N(C)CN1c1c(Cl)cc(Cl)cc1Cl. The zero-order chi connectivity index (χ0) is 15.1. The molecular formula is C16H19Cl3N2. The largest absolute Gasteiger partial charge is 0.358 e. The summed E-state index contributed by atoms with van der Waals surface area (Å²) in [6.45, 7) is 2.98. The Morgan fingerprint density at radius 1 is 1.10 bits per heavy atom. The minimum Gasteiger partial charge on any atom is -0.358 e. The van der Waals surface area contributed by atoms with Crippen molar-refractivity contribution < 1.29 is 0 Å². The molecule has 0 spiro atoms. The van der Waals surface area contributed by atoms with E-state index in [0.29, 0.717) is 15.1 Å². The fourth-order valence-electron chi connectivity index (χ4n) is 3.02. The Hall–Kier alpha value is -0.570. The first kappa shape index (κ1) is 15.3. The van der Waals surface area contributed by atoms with Crippen LogP contribution in [0.15, 0.2) is 23.5 Å². The van der Waals surface area contributed by atoms with Crippen LogP contribution in [0.3, 0.4) is 0 Å². The lowest BCUT2D eigenvalue weighted by molar-refractivity contribution is 0.434. The van der Waals surface area contributed by atoms with Crippen molar-refractivity contribution in [2.24, 2.45) is 5.92 Å². The van der Waals surface area contributed by atoms with Gasteiger partial charge in [-0.15, -0.1) is 0 Å². The molecule has 1 aromatic rings. The Labute approximate surface area is 141 Å². The molecule has 5 heteroatoms. The van der Waals surface area contributed by atoms with Gasteiger partial charge in [-0.1, -0.05) is 41.7 Å². The first-order valence-electron chi connectivity index (χ1n) is 7.36. The topological polar surface area (TPSA) is 6.48 Å². The molecule has 1 aromatic carbocycles. The van der Waals surface area contributed by atoms with Gasteiger partial charge in [-0.25, -0.2) is 0 Å². The van der Waals surface area contributed by atoms with E-state index in [0.717, 1.165) is 24.7 Å². The van der Waals surface area contributed by atoms with Gasteiger partial charge in [-0.05, 0) is 43.7 Å². The number of benzene rings is 1. The summed E-state index contributed by atoms with van der Waals surface area (Å²) in [5, 5.41) is 1.79. The number of halogens is 3. The molecule has 0 radical (unpaired) electrons. The second-order valence-electron chi connectivity index (χ2n) is 5.88. The molecule has 0 N–H and O–H groups in total. The second-order valence-corrected chi connectivity index (χ2v) is 7.13. The predicted octanol–water partition coefficient (Wildman–Crippen LogP) is 5.78. The maximum absolute atomic E-state index is 6.40. The van der Waals surface area contributed by atoms with Gasteiger partial charge in [0.05, 0.1) is 22.4 Å². The van der Waals surface area contributed by atoms with E-state index in [2.05, 4.69) is 23.8 Å². The predicted molar refractivity (Wildman–Crippen MR) is 91.2 cm³/mol. The quantitative estimate of drug-likeness (QED) is 0.682. The van der Waals surface area contributed by atoms with Crippen LogP contribution < -0.4 is 4.90 Å². The van der Waals surface area contributed by atoms with E-state index < -0.39 is 0 Å². The second kappa shape index (κ2) is 5.91. The van der Waals surface area contributed by atoms with Crippen molar-refractivity contribution in [2.45, 2.75) is 32.6 Å². The van der Waals surface area contributed by atoms with Gasteiger partial charge in [0.1, 0.15) is 0 Å². The standard InChI is InChI=1S/C16H19Cl3N2/c1-3-14-15(6-10-4-5-10)20(2)9-21(14)16-12(18)7-11(17)8-13(16)19/h7-8,10H,3-6,9H2,1-2H3. The number of allylic oxidation sites excluding steroid dienone is 2. The Kier molecular flexibility index (Phi) is 4.31. The summed E-state index contributed by atoms with van der Waals surface area (Å²) in [6, 6.07) is 3.52. The molecular weight excluding hydrogens is 327 g/mol. The fourth-order valence-corrected chi connectivity index (χ4v) is 4.04. The zero-order valence-electron chi connectivity index (χ0n) is 12.3. The summed E-state index contributed by atoms with van der Waals surface area (Å²) < 4.78 is 0. The van der Waals surface area contributed by atoms with Crippen molar-refractivity contribution >= 4 is 40.5 Å². The highest BCUT2D eigenvalue weighted by molar-refractivity contribution is 6.41. The number of nitrogens with zero attached hydrogens (tertiary/aromatic N) is 2. The molecule has 1 heterocycles. The minimum atomic E-state index is 0.571. The van der Waals surface area contributed by atoms with Gasteiger partial charge in [0, 0.05) is 23.5 Å². The van der Waals surface area contributed by atoms with Crippen LogP contribution in [0.25, 0.3) is 0 Å². The summed E-state index contributed by atoms with van der Waals surface area (Å²) in [7, 11) is 2.14. The third-order valence-electron chi connectivity index (χ3n) is 4.24. The Balaban J connectivity index is 2.00. The number of hydrogen-bond donors (Lipinski definition) is 0. The molecule has 114 valence electrons. The van der Waals surface area contributed by atoms with Crippen LogP contribution in [0, 0.1) is 5.92 Å². The van der Waals surface area contributed by atoms with Crippen molar-refractivity contribution in [3.63, 3.8) is 0 Å². The van der Waals surface area contributed by atoms with Crippen LogP contribution in [-0.2, 0) is 0 Å². The van der Waals surface area contributed by atoms with E-state index >= 15 is 0 Å². The van der Waals surface area contributed by atoms with E-state index in [1.165, 1.54) is 30.7 Å². The molecule has 3 rings (SSSR count). The molecule has 0 aromatic heterocycles. The average molecular weight is 346 g/mol. The van der Waals surface area contributed by atoms with Crippen molar-refractivity contribution in [1.82, 2.24) is 4.90 Å². The normalized spacial score (nSPS) is 18.9. The molecule has 21 heavy (non-hydrogen) atoms. The van der Waals surface area contributed by atoms with Crippen LogP contribution in [0.4, 0.5) is 5.69 Å². The van der Waals surface area contributed by atoms with Crippen LogP contribution in [0.1, 0.15) is 32.6 Å². The van der Waals surface area contributed by atoms with Crippen LogP contribution in [0.5, 0.6) is 0 Å². The van der Waals surface area contributed by atoms with E-state index in [9.17, 15) is 0 Å². The van der Waals surface area contributed by atoms with Crippen LogP contribution >= 0.6 is 34.8 Å². The highest BCUT2D eigenvalue weighted by Crippen LogP contribution is 2.44. The summed E-state index contributed by atoms with van der Waals surface area (Å²) in [4.78, 5) is 4.55. The molecule has 0 bridgehead atoms. The molecule has 1 aliphatic carbocycles. The van der Waals surface area contributed by atoms with Crippen molar-refractivity contribution in [3.8, 4) is 0 Å². The lowest BCUT2D eigenvalue weighted by Crippen LogP contribution is -2.25. The Morgan fingerprint density at radius 3 is 2.24 bits per heavy atom. The van der Waals surface area contributed by atoms with Gasteiger partial charge in [0.15, 0.2) is 0 Å². The van der Waals surface area contributed by atoms with Crippen molar-refractivity contribution in [1.29, 1.82) is 0 Å². The maximum Gasteiger partial charge on any atom is 0.0945 e. The lowest BCUT2D eigenvalue weighted by atomic mass is 10.1. The summed E-state index contributed by atoms with van der Waals surface area (Å²) >= 11 is 18.8. The monoisotopic (exact) mass is 344 g/mol. The van der Waals surface area contributed by atoms with Crippen molar-refractivity contribution in [2.75, 3.05) is 18.6 Å². The van der Waals surface area contributed by atoms with E-state index in [4.69, 9.17) is 34.8 Å². The smallest absolute Gasteiger partial charge is 0.0945 e. The molecule has 1 aliphatic heterocycles. The highest BCUT2D eigenvalue weighted by atomic mass is 35.5. The lowest BCUT2D eigenvalue weighted by Gasteiger charge is -2.24. The van der Waals surface area contributed by atoms with Crippen molar-refractivity contribution in [3.05, 3.63) is 38.6 Å². The van der Waals surface area contributed by atoms with Gasteiger partial charge >= 0.3 is 0 Å². The summed E-state index contributed by atoms with van der Waals surface area (Å²) in [5.41, 5.74) is 3.63. The van der Waals surface area contributed by atoms with Gasteiger partial charge < -0.3 is 9.80 Å². The zero-order valence-corrected chi connectivity index (χ0v) is 14.6. The molecule has 0 amide bonds. The van der Waals surface area contributed by atoms with E-state index in [-0.39, 0.29) is 0 Å². The number of anilines is 1. The highest BCUT2D eigenvalue weighted by Gasteiger charge is 2.33. The Bertz CT molecular complexity index is 570. The first-order chi connectivity index (χ1) is 10.0. The maximum atomic E-state index is 6.40. The first-order valence-corrected chi connectivity index (χ1v) is 8.49. The van der Waals surface area contributed by atoms with E-state index in [1.54, 1.807) is 12.1 Å². The van der Waals surface area contributed by atoms with Gasteiger partial charge in [-0.2, -0.15) is 0 Å². The molecule has 2 aliphatic rings. The number of rotatable bonds is 4. The van der Waals surface area contributed by atoms with Crippen LogP contribution in [-0.4, -0.2) is 18.6 Å². The Morgan fingerprint density at radius 2 is 1.71 bits per heavy atom. The third-order valence-corrected chi connectivity index (χ3v) is 5.03. The molecule has 0 atom stereocenters. The average Bonchev–Trinajstić information content (AvgIpc) is 3.15. The van der Waals surface area contributed by atoms with Gasteiger partial charge in [0.25, 0.3) is 0 Å². The molecule has 1 saturated carbocycles. The number of hydrogen-bond acceptors (Lipinski definition) is 2. The molecule has 0 saturated heterocycles. The van der Waals surface area contributed by atoms with Gasteiger partial charge in [0.2, 0.25) is 0 Å². The molecule has 2 nitrogen and oxygen atoms in total. The van der Waals surface area contributed by atoms with Crippen LogP contribution in [0.2, 0.25) is 15.1 Å². The van der Waals surface area contributed by atoms with Gasteiger partial charge in [-0.3, -0.25) is 0 Å². The minimum absolute atomic E-state index is 0.571. The molecule has 0 unspecified atom stereocenters. The van der Waals surface area contributed by atoms with E-state index in [1.807, 2.05) is 0 Å². The fraction of sp³-hybridized carbons (Fsp3) is 0.500. The molecule has 1 fully saturated rings.